The lowest BCUT2D eigenvalue weighted by atomic mass is 9.92. The molecule has 1 atom stereocenters. The summed E-state index contributed by atoms with van der Waals surface area (Å²) in [5, 5.41) is 12.3. The number of amides is 1. The first-order chi connectivity index (χ1) is 13.4. The maximum atomic E-state index is 12.6. The van der Waals surface area contributed by atoms with E-state index in [4.69, 9.17) is 4.74 Å². The summed E-state index contributed by atoms with van der Waals surface area (Å²) in [5.74, 6) is -3.86. The minimum absolute atomic E-state index is 0.0344. The van der Waals surface area contributed by atoms with Crippen LogP contribution < -0.4 is 5.48 Å². The summed E-state index contributed by atoms with van der Waals surface area (Å²) in [6.45, 7) is 1.90. The van der Waals surface area contributed by atoms with Gasteiger partial charge in [-0.05, 0) is 24.4 Å². The van der Waals surface area contributed by atoms with Gasteiger partial charge in [-0.1, -0.05) is 48.0 Å². The van der Waals surface area contributed by atoms with Gasteiger partial charge in [0.1, 0.15) is 5.57 Å². The van der Waals surface area contributed by atoms with Gasteiger partial charge < -0.3 is 14.8 Å². The van der Waals surface area contributed by atoms with E-state index in [9.17, 15) is 14.7 Å². The van der Waals surface area contributed by atoms with Gasteiger partial charge in [-0.2, -0.15) is 0 Å². The lowest BCUT2D eigenvalue weighted by Crippen LogP contribution is -2.28. The van der Waals surface area contributed by atoms with Crippen molar-refractivity contribution in [2.24, 2.45) is 0 Å². The Morgan fingerprint density at radius 2 is 1.89 bits per heavy atom. The molecule has 3 N–H and O–H groups in total. The minimum atomic E-state index is -2.12. The number of carbonyl (C=O) groups excluding carboxylic acids is 2. The summed E-state index contributed by atoms with van der Waals surface area (Å²) in [5.41, 5.74) is 4.34. The maximum absolute atomic E-state index is 12.6. The molecule has 2 aromatic carbocycles. The van der Waals surface area contributed by atoms with Gasteiger partial charge in [-0.15, -0.1) is 0 Å². The summed E-state index contributed by atoms with van der Waals surface area (Å²) in [7, 11) is 1.26. The zero-order valence-corrected chi connectivity index (χ0v) is 15.3. The van der Waals surface area contributed by atoms with E-state index in [0.29, 0.717) is 11.3 Å². The van der Waals surface area contributed by atoms with Gasteiger partial charge >= 0.3 is 5.97 Å². The van der Waals surface area contributed by atoms with E-state index in [1.807, 2.05) is 31.2 Å². The Hall–Kier alpha value is -3.42. The number of esters is 1. The molecule has 2 heterocycles. The standard InChI is InChI=1S/C21H18N2O5/c1-12-7-9-14(10-8-12)21(26)18(17(20(25)28-21)19(24)23-27-2)16-11-13-5-3-4-6-15(13)22-16/h3-11,22,26H,1-2H3,(H,23,24). The first-order valence-electron chi connectivity index (χ1n) is 8.63. The molecule has 142 valence electrons. The van der Waals surface area contributed by atoms with Crippen LogP contribution in [0.25, 0.3) is 16.5 Å². The number of H-pyrrole nitrogens is 1. The predicted octanol–water partition coefficient (Wildman–Crippen LogP) is 2.31. The molecule has 0 fully saturated rings. The zero-order chi connectivity index (χ0) is 19.9. The number of aromatic nitrogens is 1. The lowest BCUT2D eigenvalue weighted by molar-refractivity contribution is -0.179. The topological polar surface area (TPSA) is 101 Å². The van der Waals surface area contributed by atoms with Crippen molar-refractivity contribution in [3.05, 3.63) is 77.0 Å². The number of nitrogens with one attached hydrogen (secondary N) is 2. The lowest BCUT2D eigenvalue weighted by Gasteiger charge is -2.25. The normalized spacial score (nSPS) is 19.2. The van der Waals surface area contributed by atoms with Gasteiger partial charge in [0.15, 0.2) is 0 Å². The fourth-order valence-electron chi connectivity index (χ4n) is 3.37. The van der Waals surface area contributed by atoms with Crippen LogP contribution >= 0.6 is 0 Å². The van der Waals surface area contributed by atoms with Crippen molar-refractivity contribution in [2.75, 3.05) is 7.11 Å². The third kappa shape index (κ3) is 2.77. The van der Waals surface area contributed by atoms with Gasteiger partial charge in [0.25, 0.3) is 11.7 Å². The molecule has 1 aliphatic heterocycles. The van der Waals surface area contributed by atoms with E-state index >= 15 is 0 Å². The predicted molar refractivity (Wildman–Crippen MR) is 102 cm³/mol. The molecule has 3 aromatic rings. The van der Waals surface area contributed by atoms with Crippen LogP contribution in [0.2, 0.25) is 0 Å². The van der Waals surface area contributed by atoms with Crippen molar-refractivity contribution in [3.63, 3.8) is 0 Å². The second-order valence-electron chi connectivity index (χ2n) is 6.56. The molecular weight excluding hydrogens is 360 g/mol. The molecule has 1 amide bonds. The zero-order valence-electron chi connectivity index (χ0n) is 15.3. The third-order valence-corrected chi connectivity index (χ3v) is 4.70. The van der Waals surface area contributed by atoms with Crippen molar-refractivity contribution in [3.8, 4) is 0 Å². The van der Waals surface area contributed by atoms with Gasteiger partial charge in [-0.25, -0.2) is 10.3 Å². The number of aromatic amines is 1. The smallest absolute Gasteiger partial charge is 0.347 e. The van der Waals surface area contributed by atoms with Crippen LogP contribution in [0.3, 0.4) is 0 Å². The van der Waals surface area contributed by atoms with Crippen LogP contribution in [0.1, 0.15) is 16.8 Å². The highest BCUT2D eigenvalue weighted by molar-refractivity contribution is 6.24. The second-order valence-corrected chi connectivity index (χ2v) is 6.56. The van der Waals surface area contributed by atoms with E-state index in [0.717, 1.165) is 16.5 Å². The average molecular weight is 378 g/mol. The molecule has 1 aliphatic rings. The summed E-state index contributed by atoms with van der Waals surface area (Å²) in [6.07, 6.45) is 0. The van der Waals surface area contributed by atoms with Gasteiger partial charge in [0, 0.05) is 11.1 Å². The molecular formula is C21H18N2O5. The molecule has 0 radical (unpaired) electrons. The van der Waals surface area contributed by atoms with Crippen LogP contribution in [0.5, 0.6) is 0 Å². The monoisotopic (exact) mass is 378 g/mol. The van der Waals surface area contributed by atoms with E-state index in [2.05, 4.69) is 15.3 Å². The van der Waals surface area contributed by atoms with Crippen molar-refractivity contribution in [2.45, 2.75) is 12.7 Å². The third-order valence-electron chi connectivity index (χ3n) is 4.70. The number of aliphatic hydroxyl groups is 1. The van der Waals surface area contributed by atoms with Crippen LogP contribution in [-0.2, 0) is 25.0 Å². The van der Waals surface area contributed by atoms with Crippen LogP contribution in [0, 0.1) is 6.92 Å². The molecule has 0 bridgehead atoms. The number of cyclic esters (lactones) is 1. The van der Waals surface area contributed by atoms with Crippen LogP contribution in [-0.4, -0.2) is 29.1 Å². The number of ether oxygens (including phenoxy) is 1. The fraction of sp³-hybridized carbons (Fsp3) is 0.143. The Morgan fingerprint density at radius 1 is 1.18 bits per heavy atom. The quantitative estimate of drug-likeness (QED) is 0.367. The van der Waals surface area contributed by atoms with Crippen molar-refractivity contribution in [1.82, 2.24) is 10.5 Å². The fourth-order valence-corrected chi connectivity index (χ4v) is 3.37. The highest BCUT2D eigenvalue weighted by atomic mass is 16.7. The minimum Gasteiger partial charge on any atom is -0.420 e. The molecule has 1 aromatic heterocycles. The number of hydrogen-bond acceptors (Lipinski definition) is 5. The Bertz CT molecular complexity index is 1080. The molecule has 0 spiro atoms. The van der Waals surface area contributed by atoms with Crippen molar-refractivity contribution in [1.29, 1.82) is 0 Å². The molecule has 7 nitrogen and oxygen atoms in total. The van der Waals surface area contributed by atoms with E-state index in [-0.39, 0.29) is 11.1 Å². The van der Waals surface area contributed by atoms with E-state index < -0.39 is 17.7 Å². The molecule has 28 heavy (non-hydrogen) atoms. The summed E-state index contributed by atoms with van der Waals surface area (Å²) in [6, 6.07) is 16.1. The number of carbonyl (C=O) groups is 2. The van der Waals surface area contributed by atoms with Gasteiger partial charge in [-0.3, -0.25) is 9.63 Å². The van der Waals surface area contributed by atoms with Crippen molar-refractivity contribution < 1.29 is 24.3 Å². The number of rotatable bonds is 4. The highest BCUT2D eigenvalue weighted by Gasteiger charge is 2.51. The number of benzene rings is 2. The van der Waals surface area contributed by atoms with E-state index in [1.165, 1.54) is 7.11 Å². The Balaban J connectivity index is 1.97. The summed E-state index contributed by atoms with van der Waals surface area (Å²) in [4.78, 5) is 32.9. The molecule has 4 rings (SSSR count). The first kappa shape index (κ1) is 18.0. The first-order valence-corrected chi connectivity index (χ1v) is 8.63. The number of aryl methyl sites for hydroxylation is 1. The number of hydroxylamine groups is 1. The molecule has 7 heteroatoms. The molecule has 0 saturated carbocycles. The van der Waals surface area contributed by atoms with Crippen molar-refractivity contribution >= 4 is 28.4 Å². The molecule has 1 unspecified atom stereocenters. The number of hydrogen-bond donors (Lipinski definition) is 3. The maximum Gasteiger partial charge on any atom is 0.347 e. The van der Waals surface area contributed by atoms with Gasteiger partial charge in [0.05, 0.1) is 18.4 Å². The number of fused-ring (bicyclic) bond motifs is 1. The Labute approximate surface area is 160 Å². The molecule has 0 aliphatic carbocycles. The summed E-state index contributed by atoms with van der Waals surface area (Å²) >= 11 is 0. The number of para-hydroxylation sites is 1. The SMILES string of the molecule is CONC(=O)C1=C(c2cc3ccccc3[nH]2)C(O)(c2ccc(C)cc2)OC1=O. The van der Waals surface area contributed by atoms with Crippen LogP contribution in [0.15, 0.2) is 60.2 Å². The van der Waals surface area contributed by atoms with Gasteiger partial charge in [0.2, 0.25) is 0 Å². The van der Waals surface area contributed by atoms with E-state index in [1.54, 1.807) is 30.3 Å². The average Bonchev–Trinajstić information content (AvgIpc) is 3.20. The van der Waals surface area contributed by atoms with Crippen LogP contribution in [0.4, 0.5) is 0 Å². The highest BCUT2D eigenvalue weighted by Crippen LogP contribution is 2.45. The molecule has 0 saturated heterocycles. The summed E-state index contributed by atoms with van der Waals surface area (Å²) < 4.78 is 5.32. The largest absolute Gasteiger partial charge is 0.420 e. The Morgan fingerprint density at radius 3 is 2.57 bits per heavy atom. The second kappa shape index (κ2) is 6.63. The Kier molecular flexibility index (Phi) is 4.26.